The first-order valence-electron chi connectivity index (χ1n) is 11.9. The predicted octanol–water partition coefficient (Wildman–Crippen LogP) is 0.0898. The number of nitrogen functional groups attached to an aromatic ring is 1. The Bertz CT molecular complexity index is 1480. The number of amides is 2. The van der Waals surface area contributed by atoms with Crippen molar-refractivity contribution in [3.63, 3.8) is 0 Å². The molecule has 13 nitrogen and oxygen atoms in total. The van der Waals surface area contributed by atoms with Gasteiger partial charge in [-0.05, 0) is 31.9 Å². The van der Waals surface area contributed by atoms with Crippen molar-refractivity contribution in [1.82, 2.24) is 34.7 Å². The minimum atomic E-state index is -4.63. The number of nitrogens with one attached hydrogen (secondary N) is 1. The van der Waals surface area contributed by atoms with E-state index in [0.717, 1.165) is 18.3 Å². The third kappa shape index (κ3) is 5.52. The van der Waals surface area contributed by atoms with E-state index >= 15 is 0 Å². The molecule has 16 heteroatoms. The van der Waals surface area contributed by atoms with Crippen molar-refractivity contribution in [2.75, 3.05) is 19.3 Å². The minimum Gasteiger partial charge on any atom is -0.387 e. The standard InChI is InChI=1S/C24H25F3N8O5/c1-11(2)34(22(39)12-6-7-13(30-9-12)24(25,26)27)8-4-5-14-32-19(28)15-20(33-14)35(10-31-15)23-17(37)16(36)18(40-23)21(38)29-3/h6-7,9-11,16-18,23,36-37H,8H2,1-3H3,(H,29,38)(H2,28,32,33)/t16?,17-,18+,23-/m1/s1. The van der Waals surface area contributed by atoms with Gasteiger partial charge in [-0.15, -0.1) is 0 Å². The van der Waals surface area contributed by atoms with Crippen LogP contribution in [0.5, 0.6) is 0 Å². The van der Waals surface area contributed by atoms with Crippen LogP contribution in [0.4, 0.5) is 19.0 Å². The molecular weight excluding hydrogens is 537 g/mol. The van der Waals surface area contributed by atoms with E-state index < -0.39 is 48.2 Å². The zero-order valence-electron chi connectivity index (χ0n) is 21.4. The second-order valence-electron chi connectivity index (χ2n) is 9.06. The molecule has 1 saturated heterocycles. The van der Waals surface area contributed by atoms with Crippen LogP contribution in [-0.2, 0) is 15.7 Å². The molecular formula is C24H25F3N8O5. The number of nitrogens with zero attached hydrogens (tertiary/aromatic N) is 6. The van der Waals surface area contributed by atoms with E-state index in [1.54, 1.807) is 13.8 Å². The number of nitrogens with two attached hydrogens (primary N) is 1. The molecule has 5 N–H and O–H groups in total. The van der Waals surface area contributed by atoms with Crippen molar-refractivity contribution < 1.29 is 37.7 Å². The monoisotopic (exact) mass is 562 g/mol. The molecule has 0 radical (unpaired) electrons. The van der Waals surface area contributed by atoms with E-state index in [1.807, 2.05) is 0 Å². The fourth-order valence-corrected chi connectivity index (χ4v) is 3.98. The summed E-state index contributed by atoms with van der Waals surface area (Å²) in [6.45, 7) is 3.30. The van der Waals surface area contributed by atoms with Crippen LogP contribution in [0.1, 0.15) is 42.0 Å². The minimum absolute atomic E-state index is 0.0401. The van der Waals surface area contributed by atoms with Crippen LogP contribution < -0.4 is 11.1 Å². The van der Waals surface area contributed by atoms with E-state index in [4.69, 9.17) is 10.5 Å². The maximum atomic E-state index is 12.9. The summed E-state index contributed by atoms with van der Waals surface area (Å²) < 4.78 is 45.3. The SMILES string of the molecule is CNC(=O)[C@H]1O[C@@H](n2cnc3c(N)nc(C#CCN(C(=O)c4ccc(C(F)(F)F)nc4)C(C)C)nc32)[C@H](O)C1O. The van der Waals surface area contributed by atoms with Crippen LogP contribution in [0.3, 0.4) is 0 Å². The molecule has 2 amide bonds. The molecule has 0 bridgehead atoms. The maximum Gasteiger partial charge on any atom is 0.433 e. The number of anilines is 1. The molecule has 1 aliphatic heterocycles. The normalized spacial score (nSPS) is 20.8. The summed E-state index contributed by atoms with van der Waals surface area (Å²) in [6, 6.07) is 1.41. The summed E-state index contributed by atoms with van der Waals surface area (Å²) >= 11 is 0. The van der Waals surface area contributed by atoms with Gasteiger partial charge in [-0.3, -0.25) is 19.1 Å². The van der Waals surface area contributed by atoms with E-state index in [2.05, 4.69) is 37.1 Å². The van der Waals surface area contributed by atoms with Crippen molar-refractivity contribution in [2.45, 2.75) is 50.6 Å². The maximum absolute atomic E-state index is 12.9. The summed E-state index contributed by atoms with van der Waals surface area (Å²) in [5.41, 5.74) is 5.13. The fraction of sp³-hybridized carbons (Fsp3) is 0.417. The van der Waals surface area contributed by atoms with Gasteiger partial charge in [0.25, 0.3) is 11.8 Å². The Labute approximate surface area is 225 Å². The van der Waals surface area contributed by atoms with Gasteiger partial charge in [-0.2, -0.15) is 13.2 Å². The number of fused-ring (bicyclic) bond motifs is 1. The highest BCUT2D eigenvalue weighted by Gasteiger charge is 2.47. The van der Waals surface area contributed by atoms with Gasteiger partial charge in [0, 0.05) is 19.3 Å². The Balaban J connectivity index is 1.57. The van der Waals surface area contributed by atoms with E-state index in [-0.39, 0.29) is 41.0 Å². The molecule has 0 spiro atoms. The molecule has 3 aromatic rings. The number of likely N-dealkylation sites (N-methyl/N-ethyl adjacent to an activating group) is 1. The summed E-state index contributed by atoms with van der Waals surface area (Å²) in [4.78, 5) is 42.1. The number of alkyl halides is 3. The first kappa shape index (κ1) is 28.7. The molecule has 0 aromatic carbocycles. The van der Waals surface area contributed by atoms with Crippen LogP contribution >= 0.6 is 0 Å². The largest absolute Gasteiger partial charge is 0.433 e. The Hall–Kier alpha value is -4.33. The van der Waals surface area contributed by atoms with Gasteiger partial charge in [0.1, 0.15) is 23.4 Å². The lowest BCUT2D eigenvalue weighted by atomic mass is 10.1. The second kappa shape index (κ2) is 11.0. The van der Waals surface area contributed by atoms with Gasteiger partial charge in [-0.1, -0.05) is 5.92 Å². The summed E-state index contributed by atoms with van der Waals surface area (Å²) in [6.07, 6.45) is -8.06. The van der Waals surface area contributed by atoms with Crippen LogP contribution in [-0.4, -0.2) is 89.4 Å². The Kier molecular flexibility index (Phi) is 7.91. The van der Waals surface area contributed by atoms with Gasteiger partial charge in [0.15, 0.2) is 23.8 Å². The van der Waals surface area contributed by atoms with Crippen molar-refractivity contribution in [3.05, 3.63) is 41.7 Å². The molecule has 4 rings (SSSR count). The number of hydrogen-bond acceptors (Lipinski definition) is 10. The van der Waals surface area contributed by atoms with Crippen molar-refractivity contribution >= 4 is 28.8 Å². The first-order chi connectivity index (χ1) is 18.8. The summed E-state index contributed by atoms with van der Waals surface area (Å²) in [7, 11) is 1.36. The highest BCUT2D eigenvalue weighted by atomic mass is 19.4. The molecule has 0 saturated carbocycles. The van der Waals surface area contributed by atoms with Gasteiger partial charge >= 0.3 is 6.18 Å². The number of ether oxygens (including phenoxy) is 1. The number of pyridine rings is 1. The van der Waals surface area contributed by atoms with Gasteiger partial charge in [0.05, 0.1) is 18.4 Å². The topological polar surface area (TPSA) is 182 Å². The van der Waals surface area contributed by atoms with E-state index in [9.17, 15) is 33.0 Å². The molecule has 40 heavy (non-hydrogen) atoms. The van der Waals surface area contributed by atoms with Gasteiger partial charge in [-0.25, -0.2) is 15.0 Å². The summed E-state index contributed by atoms with van der Waals surface area (Å²) in [5.74, 6) is 4.15. The molecule has 1 unspecified atom stereocenters. The van der Waals surface area contributed by atoms with Crippen LogP contribution in [0.2, 0.25) is 0 Å². The third-order valence-corrected chi connectivity index (χ3v) is 6.10. The predicted molar refractivity (Wildman–Crippen MR) is 132 cm³/mol. The number of aliphatic hydroxyl groups is 2. The van der Waals surface area contributed by atoms with Crippen molar-refractivity contribution in [3.8, 4) is 11.8 Å². The summed E-state index contributed by atoms with van der Waals surface area (Å²) in [5, 5.41) is 23.1. The molecule has 0 aliphatic carbocycles. The number of imidazole rings is 1. The number of hydrogen-bond donors (Lipinski definition) is 4. The Morgan fingerprint density at radius 1 is 1.23 bits per heavy atom. The lowest BCUT2D eigenvalue weighted by Gasteiger charge is -2.24. The zero-order valence-corrected chi connectivity index (χ0v) is 21.4. The lowest BCUT2D eigenvalue weighted by molar-refractivity contribution is -0.141. The zero-order chi connectivity index (χ0) is 29.4. The highest BCUT2D eigenvalue weighted by molar-refractivity contribution is 5.94. The number of rotatable bonds is 5. The Morgan fingerprint density at radius 3 is 2.55 bits per heavy atom. The molecule has 4 atom stereocenters. The third-order valence-electron chi connectivity index (χ3n) is 6.10. The Morgan fingerprint density at radius 2 is 1.95 bits per heavy atom. The molecule has 1 aliphatic rings. The average Bonchev–Trinajstić information content (AvgIpc) is 3.46. The van der Waals surface area contributed by atoms with Crippen molar-refractivity contribution in [1.29, 1.82) is 0 Å². The van der Waals surface area contributed by atoms with Crippen LogP contribution in [0.25, 0.3) is 11.2 Å². The van der Waals surface area contributed by atoms with Gasteiger partial charge < -0.3 is 30.9 Å². The molecule has 4 heterocycles. The molecule has 1 fully saturated rings. The molecule has 212 valence electrons. The lowest BCUT2D eigenvalue weighted by Crippen LogP contribution is -2.41. The first-order valence-corrected chi connectivity index (χ1v) is 11.9. The smallest absolute Gasteiger partial charge is 0.387 e. The number of halogens is 3. The number of aromatic nitrogens is 5. The van der Waals surface area contributed by atoms with Crippen LogP contribution in [0.15, 0.2) is 24.7 Å². The quantitative estimate of drug-likeness (QED) is 0.311. The van der Waals surface area contributed by atoms with E-state index in [1.165, 1.54) is 22.8 Å². The second-order valence-corrected chi connectivity index (χ2v) is 9.06. The van der Waals surface area contributed by atoms with Crippen molar-refractivity contribution in [2.24, 2.45) is 0 Å². The number of aliphatic hydroxyl groups excluding tert-OH is 2. The number of carbonyl (C=O) groups is 2. The van der Waals surface area contributed by atoms with E-state index in [0.29, 0.717) is 0 Å². The fourth-order valence-electron chi connectivity index (χ4n) is 3.98. The number of carbonyl (C=O) groups excluding carboxylic acids is 2. The highest BCUT2D eigenvalue weighted by Crippen LogP contribution is 2.32. The van der Waals surface area contributed by atoms with Gasteiger partial charge in [0.2, 0.25) is 5.82 Å². The average molecular weight is 563 g/mol. The molecule has 3 aromatic heterocycles. The van der Waals surface area contributed by atoms with Crippen LogP contribution in [0, 0.1) is 11.8 Å².